The maximum atomic E-state index is 15.7. The first-order valence-electron chi connectivity index (χ1n) is 17.1. The summed E-state index contributed by atoms with van der Waals surface area (Å²) in [6.07, 6.45) is 1.65. The Bertz CT molecular complexity index is 2530. The molecule has 2 aliphatic heterocycles. The van der Waals surface area contributed by atoms with E-state index in [-0.39, 0.29) is 46.4 Å². The Balaban J connectivity index is 1.23. The Labute approximate surface area is 302 Å². The number of benzene rings is 2. The number of amides is 1. The molecule has 15 heteroatoms. The monoisotopic (exact) mass is 742 g/mol. The molecular weight excluding hydrogens is 713 g/mol. The van der Waals surface area contributed by atoms with Gasteiger partial charge in [0, 0.05) is 34.7 Å². The van der Waals surface area contributed by atoms with Crippen molar-refractivity contribution in [1.82, 2.24) is 25.1 Å². The lowest BCUT2D eigenvalue weighted by molar-refractivity contribution is -0.00736. The number of methoxy groups -OCH3 is 1. The van der Waals surface area contributed by atoms with Gasteiger partial charge < -0.3 is 19.4 Å². The summed E-state index contributed by atoms with van der Waals surface area (Å²) >= 11 is 1.24. The van der Waals surface area contributed by atoms with Gasteiger partial charge in [-0.25, -0.2) is 32.4 Å². The molecule has 0 saturated carbocycles. The van der Waals surface area contributed by atoms with E-state index >= 15 is 8.78 Å². The molecular formula is C38H30F4N6O4S. The van der Waals surface area contributed by atoms with Crippen LogP contribution in [0.3, 0.4) is 0 Å². The van der Waals surface area contributed by atoms with E-state index in [1.807, 2.05) is 12.1 Å². The van der Waals surface area contributed by atoms with Gasteiger partial charge in [0.2, 0.25) is 0 Å². The molecule has 6 aromatic rings. The number of thiophene rings is 1. The van der Waals surface area contributed by atoms with Crippen molar-refractivity contribution in [2.75, 3.05) is 19.0 Å². The molecule has 2 aromatic carbocycles. The van der Waals surface area contributed by atoms with Crippen molar-refractivity contribution in [3.63, 3.8) is 0 Å². The van der Waals surface area contributed by atoms with Gasteiger partial charge in [-0.15, -0.1) is 16.4 Å². The minimum absolute atomic E-state index is 0.0530. The number of pyridine rings is 2. The van der Waals surface area contributed by atoms with Crippen LogP contribution >= 0.6 is 11.3 Å². The van der Waals surface area contributed by atoms with Gasteiger partial charge >= 0.3 is 5.76 Å². The number of fused-ring (bicyclic) bond motifs is 5. The highest BCUT2D eigenvalue weighted by molar-refractivity contribution is 7.23. The van der Waals surface area contributed by atoms with Crippen LogP contribution in [0.4, 0.5) is 23.4 Å². The van der Waals surface area contributed by atoms with Crippen LogP contribution in [-0.4, -0.2) is 50.5 Å². The van der Waals surface area contributed by atoms with Gasteiger partial charge in [0.25, 0.3) is 17.7 Å². The van der Waals surface area contributed by atoms with Gasteiger partial charge in [-0.05, 0) is 79.5 Å². The molecule has 0 unspecified atom stereocenters. The standard InChI is InChI=1S/C38H30F4N6O4S/c1-17-14-19-15-26(53-32(19)34(43-17)45-33-21-10-11-23(40)31(51-2)22(21)16-38(33,41)42)28-27(35-46-47-37(50)52-35)24(12-7-18-5-8-20(39)9-6-18)44-30-25-4-3-13-48(25)36(49)29(28)30/h5-6,8-11,14-15,25,33H,3-4,7,12-13,16H2,1-2H3,(H,43,45)(H,47,50)/t25-,33+/m0/s1. The second-order valence-corrected chi connectivity index (χ2v) is 14.6. The van der Waals surface area contributed by atoms with E-state index in [2.05, 4.69) is 20.5 Å². The summed E-state index contributed by atoms with van der Waals surface area (Å²) in [5.74, 6) is -5.44. The Kier molecular flexibility index (Phi) is 7.69. The number of nitrogens with zero attached hydrogens (tertiary/aromatic N) is 4. The van der Waals surface area contributed by atoms with E-state index in [9.17, 15) is 18.4 Å². The average molecular weight is 743 g/mol. The van der Waals surface area contributed by atoms with Crippen LogP contribution in [0.5, 0.6) is 5.75 Å². The van der Waals surface area contributed by atoms with Gasteiger partial charge in [0.1, 0.15) is 17.7 Å². The fourth-order valence-electron chi connectivity index (χ4n) is 8.03. The number of halogens is 4. The largest absolute Gasteiger partial charge is 0.493 e. The zero-order valence-electron chi connectivity index (χ0n) is 28.4. The lowest BCUT2D eigenvalue weighted by Gasteiger charge is -2.22. The number of ether oxygens (including phenoxy) is 1. The molecule has 53 heavy (non-hydrogen) atoms. The van der Waals surface area contributed by atoms with Crippen molar-refractivity contribution >= 4 is 33.1 Å². The molecule has 1 fully saturated rings. The lowest BCUT2D eigenvalue weighted by atomic mass is 9.93. The maximum absolute atomic E-state index is 15.7. The molecule has 1 amide bonds. The number of aromatic amines is 1. The molecule has 6 heterocycles. The minimum Gasteiger partial charge on any atom is -0.493 e. The van der Waals surface area contributed by atoms with Crippen LogP contribution in [0, 0.1) is 18.6 Å². The molecule has 0 bridgehead atoms. The summed E-state index contributed by atoms with van der Waals surface area (Å²) in [5.41, 5.74) is 4.06. The van der Waals surface area contributed by atoms with E-state index in [0.717, 1.165) is 24.5 Å². The number of aryl methyl sites for hydroxylation is 3. The second-order valence-electron chi connectivity index (χ2n) is 13.6. The normalized spacial score (nSPS) is 18.5. The predicted octanol–water partition coefficient (Wildman–Crippen LogP) is 7.72. The first-order valence-corrected chi connectivity index (χ1v) is 17.9. The fraction of sp³-hybridized carbons (Fsp3) is 0.289. The second kappa shape index (κ2) is 12.3. The summed E-state index contributed by atoms with van der Waals surface area (Å²) in [4.78, 5) is 38.7. The third kappa shape index (κ3) is 5.39. The smallest absolute Gasteiger partial charge is 0.434 e. The molecule has 0 radical (unpaired) electrons. The lowest BCUT2D eigenvalue weighted by Crippen LogP contribution is -2.28. The number of nitrogens with one attached hydrogen (secondary N) is 2. The first-order chi connectivity index (χ1) is 25.5. The highest BCUT2D eigenvalue weighted by Crippen LogP contribution is 2.52. The van der Waals surface area contributed by atoms with Crippen LogP contribution < -0.4 is 15.8 Å². The molecule has 1 aliphatic carbocycles. The Morgan fingerprint density at radius 2 is 1.87 bits per heavy atom. The van der Waals surface area contributed by atoms with Crippen LogP contribution in [0.25, 0.3) is 32.0 Å². The van der Waals surface area contributed by atoms with Gasteiger partial charge in [-0.1, -0.05) is 18.2 Å². The summed E-state index contributed by atoms with van der Waals surface area (Å²) < 4.78 is 71.0. The summed E-state index contributed by atoms with van der Waals surface area (Å²) in [7, 11) is 1.25. The third-order valence-electron chi connectivity index (χ3n) is 10.3. The highest BCUT2D eigenvalue weighted by Gasteiger charge is 2.50. The molecule has 1 saturated heterocycles. The van der Waals surface area contributed by atoms with E-state index in [0.29, 0.717) is 68.1 Å². The van der Waals surface area contributed by atoms with Gasteiger partial charge in [0.05, 0.1) is 40.4 Å². The first kappa shape index (κ1) is 33.3. The van der Waals surface area contributed by atoms with Gasteiger partial charge in [0.15, 0.2) is 11.6 Å². The van der Waals surface area contributed by atoms with Crippen molar-refractivity contribution in [2.45, 2.75) is 57.0 Å². The number of aromatic nitrogens is 4. The fourth-order valence-corrected chi connectivity index (χ4v) is 9.18. The van der Waals surface area contributed by atoms with Crippen LogP contribution in [0.1, 0.15) is 69.1 Å². The number of H-pyrrole nitrogens is 1. The van der Waals surface area contributed by atoms with E-state index in [4.69, 9.17) is 14.1 Å². The van der Waals surface area contributed by atoms with Gasteiger partial charge in [-0.3, -0.25) is 9.78 Å². The molecule has 270 valence electrons. The molecule has 4 aromatic heterocycles. The van der Waals surface area contributed by atoms with Crippen molar-refractivity contribution in [3.05, 3.63) is 110 Å². The average Bonchev–Trinajstić information content (AvgIpc) is 3.95. The topological polar surface area (TPSA) is 126 Å². The third-order valence-corrected chi connectivity index (χ3v) is 11.5. The zero-order valence-corrected chi connectivity index (χ0v) is 29.2. The summed E-state index contributed by atoms with van der Waals surface area (Å²) in [6.45, 7) is 2.31. The highest BCUT2D eigenvalue weighted by atomic mass is 32.1. The Morgan fingerprint density at radius 1 is 1.06 bits per heavy atom. The quantitative estimate of drug-likeness (QED) is 0.152. The number of anilines is 1. The zero-order chi connectivity index (χ0) is 36.8. The van der Waals surface area contributed by atoms with E-state index in [1.165, 1.54) is 36.6 Å². The maximum Gasteiger partial charge on any atom is 0.434 e. The molecule has 9 rings (SSSR count). The molecule has 2 N–H and O–H groups in total. The Morgan fingerprint density at radius 3 is 2.62 bits per heavy atom. The van der Waals surface area contributed by atoms with Crippen molar-refractivity contribution in [3.8, 4) is 27.6 Å². The molecule has 0 spiro atoms. The molecule has 3 aliphatic rings. The minimum atomic E-state index is -3.30. The number of hydrogen-bond donors (Lipinski definition) is 2. The molecule has 2 atom stereocenters. The van der Waals surface area contributed by atoms with E-state index < -0.39 is 30.0 Å². The molecule has 10 nitrogen and oxygen atoms in total. The Hall–Kier alpha value is -5.57. The number of rotatable bonds is 8. The summed E-state index contributed by atoms with van der Waals surface area (Å²) in [6, 6.07) is 10.5. The van der Waals surface area contributed by atoms with Crippen LogP contribution in [0.15, 0.2) is 57.7 Å². The van der Waals surface area contributed by atoms with Crippen molar-refractivity contribution in [1.29, 1.82) is 0 Å². The predicted molar refractivity (Wildman–Crippen MR) is 188 cm³/mol. The number of carbonyl (C=O) groups excluding carboxylic acids is 1. The number of carbonyl (C=O) groups is 1. The summed E-state index contributed by atoms with van der Waals surface area (Å²) in [5, 5.41) is 10.2. The van der Waals surface area contributed by atoms with Crippen LogP contribution in [0.2, 0.25) is 0 Å². The van der Waals surface area contributed by atoms with Gasteiger partial charge in [-0.2, -0.15) is 0 Å². The van der Waals surface area contributed by atoms with Crippen molar-refractivity contribution in [2.24, 2.45) is 0 Å². The number of hydrogen-bond acceptors (Lipinski definition) is 9. The van der Waals surface area contributed by atoms with Crippen LogP contribution in [-0.2, 0) is 19.3 Å². The van der Waals surface area contributed by atoms with E-state index in [1.54, 1.807) is 24.0 Å². The van der Waals surface area contributed by atoms with Crippen molar-refractivity contribution < 1.29 is 31.5 Å². The number of alkyl halides is 2. The SMILES string of the molecule is COc1c(F)ccc2c1CC(F)(F)[C@@H]2Nc1nc(C)cc2cc(-c3c4c(nc(CCc5ccc(F)cc5)c3-c3n[nH]c(=O)o3)[C@@H]3CCCN3C4=O)sc12.